The van der Waals surface area contributed by atoms with Gasteiger partial charge in [-0.15, -0.1) is 0 Å². The maximum absolute atomic E-state index is 13.2. The molecule has 0 aliphatic carbocycles. The summed E-state index contributed by atoms with van der Waals surface area (Å²) in [5.74, 6) is -0.531. The molecule has 176 valence electrons. The molecular formula is C26H31NO6. The molecule has 0 spiro atoms. The number of ketones is 1. The lowest BCUT2D eigenvalue weighted by molar-refractivity contribution is -0.140. The molecular weight excluding hydrogens is 422 g/mol. The third-order valence-electron chi connectivity index (χ3n) is 5.39. The summed E-state index contributed by atoms with van der Waals surface area (Å²) in [4.78, 5) is 27.7. The van der Waals surface area contributed by atoms with Gasteiger partial charge in [-0.1, -0.05) is 30.3 Å². The zero-order valence-electron chi connectivity index (χ0n) is 19.5. The molecule has 2 aromatic carbocycles. The predicted molar refractivity (Wildman–Crippen MR) is 125 cm³/mol. The molecule has 0 bridgehead atoms. The van der Waals surface area contributed by atoms with Crippen LogP contribution in [0.15, 0.2) is 54.1 Å². The maximum Gasteiger partial charge on any atom is 0.295 e. The monoisotopic (exact) mass is 453 g/mol. The third kappa shape index (κ3) is 5.37. The molecule has 0 aromatic heterocycles. The van der Waals surface area contributed by atoms with E-state index in [4.69, 9.17) is 14.2 Å². The van der Waals surface area contributed by atoms with E-state index in [0.29, 0.717) is 48.8 Å². The largest absolute Gasteiger partial charge is 0.507 e. The second-order valence-electron chi connectivity index (χ2n) is 7.97. The van der Waals surface area contributed by atoms with Crippen molar-refractivity contribution in [3.8, 4) is 11.5 Å². The average molecular weight is 454 g/mol. The van der Waals surface area contributed by atoms with Gasteiger partial charge in [0.15, 0.2) is 0 Å². The third-order valence-corrected chi connectivity index (χ3v) is 5.39. The summed E-state index contributed by atoms with van der Waals surface area (Å²) >= 11 is 0. The first-order valence-corrected chi connectivity index (χ1v) is 11.1. The second-order valence-corrected chi connectivity index (χ2v) is 7.97. The van der Waals surface area contributed by atoms with Crippen LogP contribution in [0.25, 0.3) is 5.76 Å². The molecule has 1 saturated heterocycles. The van der Waals surface area contributed by atoms with Crippen LogP contribution in [0.4, 0.5) is 0 Å². The summed E-state index contributed by atoms with van der Waals surface area (Å²) in [6.07, 6.45) is 0.625. The van der Waals surface area contributed by atoms with Gasteiger partial charge in [0, 0.05) is 24.3 Å². The Kier molecular flexibility index (Phi) is 8.11. The summed E-state index contributed by atoms with van der Waals surface area (Å²) in [6.45, 7) is 6.97. The smallest absolute Gasteiger partial charge is 0.295 e. The van der Waals surface area contributed by atoms with E-state index in [1.807, 2.05) is 32.9 Å². The van der Waals surface area contributed by atoms with Crippen molar-refractivity contribution in [3.05, 3.63) is 65.2 Å². The first-order chi connectivity index (χ1) is 15.9. The minimum atomic E-state index is -0.782. The van der Waals surface area contributed by atoms with E-state index in [2.05, 4.69) is 0 Å². The van der Waals surface area contributed by atoms with Crippen LogP contribution in [0.2, 0.25) is 0 Å². The van der Waals surface area contributed by atoms with Crippen molar-refractivity contribution in [2.75, 3.05) is 26.9 Å². The van der Waals surface area contributed by atoms with Gasteiger partial charge in [-0.25, -0.2) is 0 Å². The van der Waals surface area contributed by atoms with Crippen LogP contribution in [0.5, 0.6) is 11.5 Å². The number of hydrogen-bond donors (Lipinski definition) is 1. The number of nitrogens with zero attached hydrogens (tertiary/aromatic N) is 1. The normalized spacial score (nSPS) is 17.6. The van der Waals surface area contributed by atoms with E-state index in [9.17, 15) is 14.7 Å². The number of hydrogen-bond acceptors (Lipinski definition) is 6. The Morgan fingerprint density at radius 1 is 1.12 bits per heavy atom. The summed E-state index contributed by atoms with van der Waals surface area (Å²) in [5.41, 5.74) is 1.07. The van der Waals surface area contributed by atoms with Gasteiger partial charge in [-0.2, -0.15) is 0 Å². The minimum Gasteiger partial charge on any atom is -0.507 e. The summed E-state index contributed by atoms with van der Waals surface area (Å²) < 4.78 is 16.7. The van der Waals surface area contributed by atoms with Gasteiger partial charge in [0.1, 0.15) is 17.3 Å². The summed E-state index contributed by atoms with van der Waals surface area (Å²) in [6, 6.07) is 13.3. The number of aliphatic hydroxyl groups is 1. The van der Waals surface area contributed by atoms with Crippen molar-refractivity contribution in [2.45, 2.75) is 39.3 Å². The fourth-order valence-electron chi connectivity index (χ4n) is 3.94. The number of para-hydroxylation sites is 1. The average Bonchev–Trinajstić information content (AvgIpc) is 3.06. The Morgan fingerprint density at radius 3 is 2.58 bits per heavy atom. The van der Waals surface area contributed by atoms with Crippen LogP contribution in [-0.4, -0.2) is 54.7 Å². The molecule has 1 atom stereocenters. The predicted octanol–water partition coefficient (Wildman–Crippen LogP) is 4.33. The Balaban J connectivity index is 2.08. The first-order valence-electron chi connectivity index (χ1n) is 11.1. The van der Waals surface area contributed by atoms with Crippen LogP contribution in [0, 0.1) is 0 Å². The number of benzene rings is 2. The van der Waals surface area contributed by atoms with Crippen molar-refractivity contribution in [1.82, 2.24) is 4.90 Å². The highest BCUT2D eigenvalue weighted by atomic mass is 16.5. The number of likely N-dealkylation sites (tertiary alicyclic amines) is 1. The minimum absolute atomic E-state index is 0.0305. The molecule has 1 amide bonds. The zero-order chi connectivity index (χ0) is 24.0. The van der Waals surface area contributed by atoms with Crippen molar-refractivity contribution in [1.29, 1.82) is 0 Å². The fraction of sp³-hybridized carbons (Fsp3) is 0.385. The Bertz CT molecular complexity index is 1030. The number of aliphatic hydroxyl groups excluding tert-OH is 1. The number of ether oxygens (including phenoxy) is 3. The molecule has 2 aromatic rings. The topological polar surface area (TPSA) is 85.3 Å². The van der Waals surface area contributed by atoms with Crippen molar-refractivity contribution in [2.24, 2.45) is 0 Å². The van der Waals surface area contributed by atoms with Gasteiger partial charge in [0.2, 0.25) is 0 Å². The lowest BCUT2D eigenvalue weighted by Crippen LogP contribution is -2.31. The molecule has 1 N–H and O–H groups in total. The molecule has 1 heterocycles. The second kappa shape index (κ2) is 11.0. The highest BCUT2D eigenvalue weighted by Gasteiger charge is 2.46. The quantitative estimate of drug-likeness (QED) is 0.249. The molecule has 3 rings (SSSR count). The van der Waals surface area contributed by atoms with Crippen LogP contribution >= 0.6 is 0 Å². The molecule has 0 saturated carbocycles. The van der Waals surface area contributed by atoms with Crippen molar-refractivity contribution < 1.29 is 28.9 Å². The zero-order valence-corrected chi connectivity index (χ0v) is 19.5. The highest BCUT2D eigenvalue weighted by Crippen LogP contribution is 2.42. The van der Waals surface area contributed by atoms with Gasteiger partial charge < -0.3 is 24.2 Å². The van der Waals surface area contributed by atoms with E-state index in [1.54, 1.807) is 36.4 Å². The highest BCUT2D eigenvalue weighted by molar-refractivity contribution is 6.46. The molecule has 0 radical (unpaired) electrons. The van der Waals surface area contributed by atoms with Crippen LogP contribution < -0.4 is 9.47 Å². The van der Waals surface area contributed by atoms with Crippen LogP contribution in [0.1, 0.15) is 44.4 Å². The van der Waals surface area contributed by atoms with Gasteiger partial charge in [0.25, 0.3) is 11.7 Å². The maximum atomic E-state index is 13.2. The number of carbonyl (C=O) groups is 2. The Hall–Kier alpha value is -3.32. The van der Waals surface area contributed by atoms with Gasteiger partial charge in [0.05, 0.1) is 31.4 Å². The molecule has 1 aliphatic heterocycles. The Labute approximate surface area is 194 Å². The van der Waals surface area contributed by atoms with Crippen LogP contribution in [-0.2, 0) is 14.3 Å². The van der Waals surface area contributed by atoms with E-state index in [1.165, 1.54) is 12.0 Å². The molecule has 1 fully saturated rings. The fourth-order valence-corrected chi connectivity index (χ4v) is 3.94. The molecule has 7 nitrogen and oxygen atoms in total. The molecule has 1 aliphatic rings. The van der Waals surface area contributed by atoms with Crippen molar-refractivity contribution >= 4 is 17.4 Å². The van der Waals surface area contributed by atoms with Gasteiger partial charge >= 0.3 is 0 Å². The number of amides is 1. The first kappa shape index (κ1) is 24.3. The number of methoxy groups -OCH3 is 1. The van der Waals surface area contributed by atoms with Crippen molar-refractivity contribution in [3.63, 3.8) is 0 Å². The molecule has 33 heavy (non-hydrogen) atoms. The lowest BCUT2D eigenvalue weighted by Gasteiger charge is -2.26. The summed E-state index contributed by atoms with van der Waals surface area (Å²) in [5, 5.41) is 11.2. The number of rotatable bonds is 10. The number of carbonyl (C=O) groups excluding carboxylic acids is 2. The van der Waals surface area contributed by atoms with Gasteiger partial charge in [-0.05, 0) is 45.4 Å². The van der Waals surface area contributed by atoms with E-state index >= 15 is 0 Å². The van der Waals surface area contributed by atoms with E-state index < -0.39 is 17.7 Å². The molecule has 7 heteroatoms. The SMILES string of the molecule is CCOc1cccc(/C(O)=C2/C(=O)C(=O)N(CCCOC(C)C)C2c2ccccc2OC)c1. The Morgan fingerprint density at radius 2 is 1.88 bits per heavy atom. The van der Waals surface area contributed by atoms with E-state index in [-0.39, 0.29) is 17.4 Å². The van der Waals surface area contributed by atoms with Crippen LogP contribution in [0.3, 0.4) is 0 Å². The van der Waals surface area contributed by atoms with Gasteiger partial charge in [-0.3, -0.25) is 9.59 Å². The molecule has 1 unspecified atom stereocenters. The van der Waals surface area contributed by atoms with E-state index in [0.717, 1.165) is 0 Å². The lowest BCUT2D eigenvalue weighted by atomic mass is 9.94. The number of Topliss-reactive ketones (excluding diaryl/α,β-unsaturated/α-hetero) is 1. The summed E-state index contributed by atoms with van der Waals surface area (Å²) in [7, 11) is 1.53. The standard InChI is InChI=1S/C26H31NO6/c1-5-32-19-11-8-10-18(16-19)24(28)22-23(20-12-6-7-13-21(20)31-4)27(26(30)25(22)29)14-9-15-33-17(2)3/h6-8,10-13,16-17,23,28H,5,9,14-15H2,1-4H3/b24-22-.